The Hall–Kier alpha value is -2.44. The van der Waals surface area contributed by atoms with E-state index in [0.717, 1.165) is 18.3 Å². The lowest BCUT2D eigenvalue weighted by Crippen LogP contribution is -2.08. The number of halogens is 4. The molecule has 0 fully saturated rings. The predicted octanol–water partition coefficient (Wildman–Crippen LogP) is 3.78. The molecular weight excluding hydrogens is 274 g/mol. The van der Waals surface area contributed by atoms with Crippen molar-refractivity contribution in [2.45, 2.75) is 6.18 Å². The summed E-state index contributed by atoms with van der Waals surface area (Å²) in [4.78, 5) is 10.3. The molecule has 3 aromatic heterocycles. The average Bonchev–Trinajstić information content (AvgIpc) is 2.80. The number of alkyl halides is 3. The number of aromatic amines is 1. The second-order valence-corrected chi connectivity index (χ2v) is 4.15. The monoisotopic (exact) mass is 281 g/mol. The minimum absolute atomic E-state index is 0.167. The number of rotatable bonds is 1. The third-order valence-corrected chi connectivity index (χ3v) is 2.87. The van der Waals surface area contributed by atoms with E-state index >= 15 is 0 Å². The molecule has 0 saturated carbocycles. The lowest BCUT2D eigenvalue weighted by atomic mass is 10.1. The number of fused-ring (bicyclic) bond motifs is 1. The Kier molecular flexibility index (Phi) is 2.70. The number of pyridine rings is 2. The van der Waals surface area contributed by atoms with Gasteiger partial charge in [-0.05, 0) is 18.2 Å². The van der Waals surface area contributed by atoms with Crippen molar-refractivity contribution in [1.82, 2.24) is 15.0 Å². The van der Waals surface area contributed by atoms with Gasteiger partial charge in [-0.3, -0.25) is 4.98 Å². The summed E-state index contributed by atoms with van der Waals surface area (Å²) in [6.45, 7) is 0. The molecule has 0 spiro atoms. The third-order valence-electron chi connectivity index (χ3n) is 2.87. The first-order valence-electron chi connectivity index (χ1n) is 5.62. The van der Waals surface area contributed by atoms with Crippen LogP contribution in [0.4, 0.5) is 17.6 Å². The average molecular weight is 281 g/mol. The van der Waals surface area contributed by atoms with Crippen LogP contribution in [-0.4, -0.2) is 15.0 Å². The lowest BCUT2D eigenvalue weighted by Gasteiger charge is -2.10. The van der Waals surface area contributed by atoms with Crippen molar-refractivity contribution in [3.63, 3.8) is 0 Å². The molecule has 0 saturated heterocycles. The van der Waals surface area contributed by atoms with E-state index in [-0.39, 0.29) is 16.6 Å². The number of aromatic nitrogens is 3. The number of hydrogen-bond acceptors (Lipinski definition) is 2. The Morgan fingerprint density at radius 2 is 1.95 bits per heavy atom. The van der Waals surface area contributed by atoms with Gasteiger partial charge in [0.1, 0.15) is 11.5 Å². The van der Waals surface area contributed by atoms with E-state index in [1.165, 1.54) is 18.5 Å². The molecule has 3 heterocycles. The molecule has 0 aliphatic heterocycles. The van der Waals surface area contributed by atoms with Gasteiger partial charge in [-0.25, -0.2) is 9.37 Å². The van der Waals surface area contributed by atoms with Gasteiger partial charge in [-0.2, -0.15) is 13.2 Å². The van der Waals surface area contributed by atoms with Crippen LogP contribution in [0, 0.1) is 5.82 Å². The standard InChI is InChI=1S/C13H7F4N3/c14-7-4-8-9(6-20-12(8)19-5-7)11-10(13(15,16)17)2-1-3-18-11/h1-6H,(H,19,20). The molecule has 0 radical (unpaired) electrons. The molecule has 3 rings (SSSR count). The minimum Gasteiger partial charge on any atom is -0.345 e. The maximum atomic E-state index is 13.2. The molecule has 0 atom stereocenters. The van der Waals surface area contributed by atoms with Gasteiger partial charge in [0.05, 0.1) is 17.5 Å². The Morgan fingerprint density at radius 3 is 2.70 bits per heavy atom. The molecule has 3 nitrogen and oxygen atoms in total. The first-order chi connectivity index (χ1) is 9.47. The summed E-state index contributed by atoms with van der Waals surface area (Å²) in [6.07, 6.45) is -0.940. The highest BCUT2D eigenvalue weighted by molar-refractivity contribution is 5.93. The van der Waals surface area contributed by atoms with Crippen LogP contribution >= 0.6 is 0 Å². The van der Waals surface area contributed by atoms with Gasteiger partial charge in [-0.15, -0.1) is 0 Å². The Bertz CT molecular complexity index is 777. The SMILES string of the molecule is Fc1cnc2[nH]cc(-c3ncccc3C(F)(F)F)c2c1. The molecule has 0 aromatic carbocycles. The van der Waals surface area contributed by atoms with Gasteiger partial charge >= 0.3 is 6.18 Å². The second-order valence-electron chi connectivity index (χ2n) is 4.15. The quantitative estimate of drug-likeness (QED) is 0.690. The first kappa shape index (κ1) is 12.6. The van der Waals surface area contributed by atoms with E-state index in [4.69, 9.17) is 0 Å². The number of nitrogens with one attached hydrogen (secondary N) is 1. The summed E-state index contributed by atoms with van der Waals surface area (Å²) in [6, 6.07) is 3.27. The smallest absolute Gasteiger partial charge is 0.345 e. The van der Waals surface area contributed by atoms with E-state index < -0.39 is 17.6 Å². The molecule has 0 aliphatic carbocycles. The van der Waals surface area contributed by atoms with Crippen molar-refractivity contribution in [3.05, 3.63) is 48.2 Å². The maximum absolute atomic E-state index is 13.2. The van der Waals surface area contributed by atoms with Crippen molar-refractivity contribution in [3.8, 4) is 11.3 Å². The van der Waals surface area contributed by atoms with Crippen LogP contribution in [0.15, 0.2) is 36.8 Å². The Balaban J connectivity index is 2.29. The van der Waals surface area contributed by atoms with Gasteiger partial charge in [0.25, 0.3) is 0 Å². The summed E-state index contributed by atoms with van der Waals surface area (Å²) in [5.74, 6) is -0.622. The molecule has 1 N–H and O–H groups in total. The second kappa shape index (κ2) is 4.29. The van der Waals surface area contributed by atoms with Gasteiger partial charge in [-0.1, -0.05) is 0 Å². The van der Waals surface area contributed by atoms with Crippen LogP contribution < -0.4 is 0 Å². The van der Waals surface area contributed by atoms with Crippen molar-refractivity contribution in [2.75, 3.05) is 0 Å². The maximum Gasteiger partial charge on any atom is 0.418 e. The normalized spacial score (nSPS) is 12.0. The van der Waals surface area contributed by atoms with E-state index in [1.807, 2.05) is 0 Å². The summed E-state index contributed by atoms with van der Waals surface area (Å²) in [7, 11) is 0. The third kappa shape index (κ3) is 2.01. The Morgan fingerprint density at radius 1 is 1.15 bits per heavy atom. The van der Waals surface area contributed by atoms with Crippen molar-refractivity contribution >= 4 is 11.0 Å². The summed E-state index contributed by atoms with van der Waals surface area (Å²) in [5, 5.41) is 0.259. The molecule has 7 heteroatoms. The largest absolute Gasteiger partial charge is 0.418 e. The fraction of sp³-hybridized carbons (Fsp3) is 0.0769. The van der Waals surface area contributed by atoms with Gasteiger partial charge < -0.3 is 4.98 Å². The van der Waals surface area contributed by atoms with Crippen LogP contribution in [-0.2, 0) is 6.18 Å². The Labute approximate surface area is 110 Å². The summed E-state index contributed by atoms with van der Waals surface area (Å²) >= 11 is 0. The van der Waals surface area contributed by atoms with Crippen molar-refractivity contribution in [1.29, 1.82) is 0 Å². The molecule has 0 unspecified atom stereocenters. The summed E-state index contributed by atoms with van der Waals surface area (Å²) in [5.41, 5.74) is -0.649. The zero-order valence-corrected chi connectivity index (χ0v) is 9.87. The fourth-order valence-corrected chi connectivity index (χ4v) is 2.02. The molecule has 102 valence electrons. The van der Waals surface area contributed by atoms with Crippen LogP contribution in [0.3, 0.4) is 0 Å². The van der Waals surface area contributed by atoms with Gasteiger partial charge in [0, 0.05) is 23.3 Å². The predicted molar refractivity (Wildman–Crippen MR) is 64.3 cm³/mol. The van der Waals surface area contributed by atoms with Gasteiger partial charge in [0.2, 0.25) is 0 Å². The number of H-pyrrole nitrogens is 1. The van der Waals surface area contributed by atoms with Crippen LogP contribution in [0.1, 0.15) is 5.56 Å². The zero-order chi connectivity index (χ0) is 14.3. The first-order valence-corrected chi connectivity index (χ1v) is 5.62. The number of nitrogens with zero attached hydrogens (tertiary/aromatic N) is 2. The van der Waals surface area contributed by atoms with Crippen LogP contribution in [0.5, 0.6) is 0 Å². The van der Waals surface area contributed by atoms with Gasteiger partial charge in [0.15, 0.2) is 0 Å². The zero-order valence-electron chi connectivity index (χ0n) is 9.87. The lowest BCUT2D eigenvalue weighted by molar-refractivity contribution is -0.137. The van der Waals surface area contributed by atoms with E-state index in [2.05, 4.69) is 15.0 Å². The van der Waals surface area contributed by atoms with Crippen LogP contribution in [0.25, 0.3) is 22.3 Å². The summed E-state index contributed by atoms with van der Waals surface area (Å²) < 4.78 is 52.2. The molecule has 3 aromatic rings. The molecular formula is C13H7F4N3. The number of hydrogen-bond donors (Lipinski definition) is 1. The molecule has 20 heavy (non-hydrogen) atoms. The minimum atomic E-state index is -4.53. The topological polar surface area (TPSA) is 41.6 Å². The van der Waals surface area contributed by atoms with Crippen molar-refractivity contribution in [2.24, 2.45) is 0 Å². The highest BCUT2D eigenvalue weighted by Gasteiger charge is 2.34. The van der Waals surface area contributed by atoms with E-state index in [0.29, 0.717) is 5.65 Å². The van der Waals surface area contributed by atoms with E-state index in [1.54, 1.807) is 0 Å². The van der Waals surface area contributed by atoms with E-state index in [9.17, 15) is 17.6 Å². The van der Waals surface area contributed by atoms with Crippen LogP contribution in [0.2, 0.25) is 0 Å². The fourth-order valence-electron chi connectivity index (χ4n) is 2.02. The highest BCUT2D eigenvalue weighted by atomic mass is 19.4. The molecule has 0 amide bonds. The molecule has 0 aliphatic rings. The van der Waals surface area contributed by atoms with Crippen molar-refractivity contribution < 1.29 is 17.6 Å². The highest BCUT2D eigenvalue weighted by Crippen LogP contribution is 2.37. The molecule has 0 bridgehead atoms.